The minimum Gasteiger partial charge on any atom is -0.309 e. The average Bonchev–Trinajstić information content (AvgIpc) is 3.84. The highest BCUT2D eigenvalue weighted by Gasteiger charge is 2.26. The number of aromatic nitrogens is 2. The standard InChI is InChI=1S/C66H66N2/c1-63(2,3)49-31-21-43(22-32-49)59-55-17-13-15-19-57(55)67(61(59)45-25-35-51(36-26-45)65(7,8)9)53-39-29-48-42-54(40-30-47(48)41-53)68-58-20-16-14-18-56(58)60(44-23-33-50(34-24-44)64(4,5)6)62(68)46-27-37-52(38-28-46)66(10,11)12/h13-42H,1-12H3. The number of hydrogen-bond donors (Lipinski definition) is 0. The van der Waals surface area contributed by atoms with Crippen LogP contribution in [0.15, 0.2) is 182 Å². The Morgan fingerprint density at radius 3 is 0.853 bits per heavy atom. The summed E-state index contributed by atoms with van der Waals surface area (Å²) in [5.74, 6) is 0. The average molecular weight is 887 g/mol. The molecule has 0 N–H and O–H groups in total. The molecule has 0 aliphatic carbocycles. The number of para-hydroxylation sites is 2. The predicted octanol–water partition coefficient (Wildman–Crippen LogP) is 18.6. The van der Waals surface area contributed by atoms with Gasteiger partial charge >= 0.3 is 0 Å². The number of hydrogen-bond acceptors (Lipinski definition) is 0. The van der Waals surface area contributed by atoms with E-state index in [0.29, 0.717) is 0 Å². The topological polar surface area (TPSA) is 9.86 Å². The fourth-order valence-corrected chi connectivity index (χ4v) is 10.2. The number of fused-ring (bicyclic) bond motifs is 3. The van der Waals surface area contributed by atoms with Gasteiger partial charge in [0.2, 0.25) is 0 Å². The van der Waals surface area contributed by atoms with Crippen LogP contribution in [0.5, 0.6) is 0 Å². The van der Waals surface area contributed by atoms with E-state index in [0.717, 1.165) is 11.4 Å². The summed E-state index contributed by atoms with van der Waals surface area (Å²) in [7, 11) is 0. The first-order chi connectivity index (χ1) is 32.3. The molecule has 0 fully saturated rings. The van der Waals surface area contributed by atoms with Gasteiger partial charge in [0.05, 0.1) is 22.4 Å². The fraction of sp³-hybridized carbons (Fsp3) is 0.242. The molecule has 2 aromatic heterocycles. The van der Waals surface area contributed by atoms with Crippen LogP contribution >= 0.6 is 0 Å². The molecule has 340 valence electrons. The van der Waals surface area contributed by atoms with E-state index in [1.165, 1.54) is 99.6 Å². The highest BCUT2D eigenvalue weighted by atomic mass is 15.0. The normalized spacial score (nSPS) is 12.7. The lowest BCUT2D eigenvalue weighted by atomic mass is 9.85. The zero-order valence-corrected chi connectivity index (χ0v) is 42.2. The quantitative estimate of drug-likeness (QED) is 0.157. The van der Waals surface area contributed by atoms with Crippen LogP contribution in [0.2, 0.25) is 0 Å². The lowest BCUT2D eigenvalue weighted by Gasteiger charge is -2.21. The third-order valence-electron chi connectivity index (χ3n) is 14.2. The molecule has 0 saturated heterocycles. The molecular weight excluding hydrogens is 821 g/mol. The summed E-state index contributed by atoms with van der Waals surface area (Å²) in [5, 5.41) is 4.87. The highest BCUT2D eigenvalue weighted by Crippen LogP contribution is 2.46. The van der Waals surface area contributed by atoms with E-state index in [1.807, 2.05) is 0 Å². The van der Waals surface area contributed by atoms with Crippen LogP contribution in [-0.2, 0) is 21.7 Å². The van der Waals surface area contributed by atoms with E-state index in [-0.39, 0.29) is 21.7 Å². The van der Waals surface area contributed by atoms with Gasteiger partial charge in [-0.3, -0.25) is 0 Å². The van der Waals surface area contributed by atoms with Crippen molar-refractivity contribution in [3.8, 4) is 56.1 Å². The minimum absolute atomic E-state index is 0.0535. The molecule has 0 radical (unpaired) electrons. The van der Waals surface area contributed by atoms with Gasteiger partial charge in [0, 0.05) is 33.3 Å². The Hall–Kier alpha value is -6.90. The first-order valence-corrected chi connectivity index (χ1v) is 24.5. The summed E-state index contributed by atoms with van der Waals surface area (Å²) >= 11 is 0. The summed E-state index contributed by atoms with van der Waals surface area (Å²) in [6.45, 7) is 27.4. The van der Waals surface area contributed by atoms with E-state index < -0.39 is 0 Å². The van der Waals surface area contributed by atoms with E-state index in [4.69, 9.17) is 0 Å². The molecule has 10 aromatic rings. The summed E-state index contributed by atoms with van der Waals surface area (Å²) in [4.78, 5) is 0. The zero-order chi connectivity index (χ0) is 47.9. The zero-order valence-electron chi connectivity index (χ0n) is 42.2. The number of benzene rings is 8. The van der Waals surface area contributed by atoms with Crippen molar-refractivity contribution in [2.75, 3.05) is 0 Å². The first-order valence-electron chi connectivity index (χ1n) is 24.5. The second-order valence-corrected chi connectivity index (χ2v) is 23.2. The molecule has 0 atom stereocenters. The van der Waals surface area contributed by atoms with Crippen LogP contribution in [0.3, 0.4) is 0 Å². The van der Waals surface area contributed by atoms with Crippen molar-refractivity contribution < 1.29 is 0 Å². The smallest absolute Gasteiger partial charge is 0.0619 e. The second kappa shape index (κ2) is 16.4. The van der Waals surface area contributed by atoms with Crippen LogP contribution in [0.4, 0.5) is 0 Å². The van der Waals surface area contributed by atoms with E-state index in [1.54, 1.807) is 0 Å². The van der Waals surface area contributed by atoms with Gasteiger partial charge in [-0.2, -0.15) is 0 Å². The van der Waals surface area contributed by atoms with Gasteiger partial charge in [0.15, 0.2) is 0 Å². The largest absolute Gasteiger partial charge is 0.309 e. The second-order valence-electron chi connectivity index (χ2n) is 23.2. The Bertz CT molecular complexity index is 3230. The van der Waals surface area contributed by atoms with Crippen molar-refractivity contribution >= 4 is 32.6 Å². The Kier molecular flexibility index (Phi) is 10.8. The van der Waals surface area contributed by atoms with Crippen molar-refractivity contribution in [2.24, 2.45) is 0 Å². The monoisotopic (exact) mass is 887 g/mol. The summed E-state index contributed by atoms with van der Waals surface area (Å²) in [6, 6.07) is 69.0. The molecule has 2 nitrogen and oxygen atoms in total. The molecule has 0 aliphatic rings. The van der Waals surface area contributed by atoms with Gasteiger partial charge in [-0.05, 0) is 113 Å². The molecule has 10 rings (SSSR count). The van der Waals surface area contributed by atoms with Gasteiger partial charge in [0.25, 0.3) is 0 Å². The molecule has 68 heavy (non-hydrogen) atoms. The first kappa shape index (κ1) is 44.9. The number of nitrogens with zero attached hydrogens (tertiary/aromatic N) is 2. The van der Waals surface area contributed by atoms with Gasteiger partial charge < -0.3 is 9.13 Å². The van der Waals surface area contributed by atoms with Crippen LogP contribution in [0.25, 0.3) is 88.7 Å². The van der Waals surface area contributed by atoms with Crippen LogP contribution in [0.1, 0.15) is 105 Å². The lowest BCUT2D eigenvalue weighted by molar-refractivity contribution is 0.590. The molecule has 0 bridgehead atoms. The van der Waals surface area contributed by atoms with Crippen molar-refractivity contribution in [3.05, 3.63) is 204 Å². The molecular formula is C66H66N2. The predicted molar refractivity (Wildman–Crippen MR) is 294 cm³/mol. The van der Waals surface area contributed by atoms with Crippen LogP contribution in [-0.4, -0.2) is 9.13 Å². The van der Waals surface area contributed by atoms with Gasteiger partial charge in [-0.15, -0.1) is 0 Å². The van der Waals surface area contributed by atoms with E-state index in [2.05, 4.69) is 274 Å². The van der Waals surface area contributed by atoms with Gasteiger partial charge in [0.1, 0.15) is 0 Å². The maximum absolute atomic E-state index is 2.50. The molecule has 2 heterocycles. The Morgan fingerprint density at radius 2 is 0.559 bits per heavy atom. The van der Waals surface area contributed by atoms with E-state index in [9.17, 15) is 0 Å². The molecule has 2 heteroatoms. The molecule has 8 aromatic carbocycles. The minimum atomic E-state index is 0.0535. The Balaban J connectivity index is 1.17. The Morgan fingerprint density at radius 1 is 0.279 bits per heavy atom. The summed E-state index contributed by atoms with van der Waals surface area (Å²) in [5.41, 5.74) is 20.0. The maximum atomic E-state index is 2.50. The van der Waals surface area contributed by atoms with Gasteiger partial charge in [-0.25, -0.2) is 0 Å². The van der Waals surface area contributed by atoms with Crippen molar-refractivity contribution in [1.29, 1.82) is 0 Å². The maximum Gasteiger partial charge on any atom is 0.0619 e. The third kappa shape index (κ3) is 8.08. The molecule has 0 saturated carbocycles. The Labute approximate surface area is 404 Å². The SMILES string of the molecule is CC(C)(C)c1ccc(-c2c(-c3ccc(C(C)(C)C)cc3)n(-c3ccc4cc(-n5c(-c6ccc(C(C)(C)C)cc6)c(-c6ccc(C(C)(C)C)cc6)c6ccccc65)ccc4c3)c3ccccc23)cc1. The summed E-state index contributed by atoms with van der Waals surface area (Å²) < 4.78 is 5.00. The fourth-order valence-electron chi connectivity index (χ4n) is 10.2. The number of rotatable bonds is 6. The van der Waals surface area contributed by atoms with E-state index >= 15 is 0 Å². The molecule has 0 unspecified atom stereocenters. The van der Waals surface area contributed by atoms with Crippen LogP contribution in [0, 0.1) is 0 Å². The lowest BCUT2D eigenvalue weighted by Crippen LogP contribution is -2.10. The van der Waals surface area contributed by atoms with Crippen molar-refractivity contribution in [2.45, 2.75) is 105 Å². The highest BCUT2D eigenvalue weighted by molar-refractivity contribution is 6.07. The van der Waals surface area contributed by atoms with Crippen LogP contribution < -0.4 is 0 Å². The third-order valence-corrected chi connectivity index (χ3v) is 14.2. The molecule has 0 spiro atoms. The van der Waals surface area contributed by atoms with Crippen molar-refractivity contribution in [3.63, 3.8) is 0 Å². The van der Waals surface area contributed by atoms with Gasteiger partial charge in [-0.1, -0.05) is 229 Å². The molecule has 0 amide bonds. The molecule has 0 aliphatic heterocycles. The van der Waals surface area contributed by atoms with Crippen molar-refractivity contribution in [1.82, 2.24) is 9.13 Å². The summed E-state index contributed by atoms with van der Waals surface area (Å²) in [6.07, 6.45) is 0.